The van der Waals surface area contributed by atoms with Crippen LogP contribution in [0.3, 0.4) is 0 Å². The second-order valence-corrected chi connectivity index (χ2v) is 9.95. The summed E-state index contributed by atoms with van der Waals surface area (Å²) in [6.45, 7) is 1.09. The van der Waals surface area contributed by atoms with Crippen LogP contribution in [0.2, 0.25) is 0 Å². The Morgan fingerprint density at radius 2 is 1.26 bits per heavy atom. The average Bonchev–Trinajstić information content (AvgIpc) is 3.37. The van der Waals surface area contributed by atoms with Crippen molar-refractivity contribution in [3.63, 3.8) is 0 Å². The lowest BCUT2D eigenvalue weighted by Gasteiger charge is -2.26. The van der Waals surface area contributed by atoms with Crippen LogP contribution in [0, 0.1) is 0 Å². The Bertz CT molecular complexity index is 1710. The zero-order valence-corrected chi connectivity index (χ0v) is 22.7. The van der Waals surface area contributed by atoms with E-state index < -0.39 is 35.8 Å². The van der Waals surface area contributed by atoms with Crippen molar-refractivity contribution in [2.24, 2.45) is 0 Å². The molecule has 3 aromatic carbocycles. The van der Waals surface area contributed by atoms with E-state index in [1.165, 1.54) is 17.0 Å². The molecule has 1 saturated heterocycles. The van der Waals surface area contributed by atoms with Gasteiger partial charge in [-0.05, 0) is 16.7 Å². The van der Waals surface area contributed by atoms with Gasteiger partial charge in [0.05, 0.1) is 26.4 Å². The van der Waals surface area contributed by atoms with Crippen LogP contribution < -0.4 is 11.2 Å². The summed E-state index contributed by atoms with van der Waals surface area (Å²) in [4.78, 5) is 36.6. The lowest BCUT2D eigenvalue weighted by Crippen LogP contribution is -2.41. The van der Waals surface area contributed by atoms with Gasteiger partial charge < -0.3 is 18.9 Å². The quantitative estimate of drug-likeness (QED) is 0.257. The Morgan fingerprint density at radius 3 is 1.88 bits per heavy atom. The predicted octanol–water partition coefficient (Wildman–Crippen LogP) is 3.76. The molecule has 0 amide bonds. The van der Waals surface area contributed by atoms with E-state index in [-0.39, 0.29) is 24.4 Å². The molecular weight excluding hydrogens is 536 g/mol. The third-order valence-corrected chi connectivity index (χ3v) is 7.07. The molecule has 1 aliphatic rings. The molecule has 0 radical (unpaired) electrons. The number of rotatable bonds is 11. The largest absolute Gasteiger partial charge is 0.374 e. The smallest absolute Gasteiger partial charge is 0.332 e. The van der Waals surface area contributed by atoms with E-state index in [9.17, 15) is 9.59 Å². The minimum Gasteiger partial charge on any atom is -0.374 e. The summed E-state index contributed by atoms with van der Waals surface area (Å²) in [7, 11) is 0. The highest BCUT2D eigenvalue weighted by Crippen LogP contribution is 2.35. The molecule has 4 atom stereocenters. The highest BCUT2D eigenvalue weighted by atomic mass is 16.6. The zero-order chi connectivity index (χ0) is 28.7. The molecule has 5 aromatic rings. The first-order chi connectivity index (χ1) is 20.7. The summed E-state index contributed by atoms with van der Waals surface area (Å²) in [6, 6.07) is 29.3. The summed E-state index contributed by atoms with van der Waals surface area (Å²) >= 11 is 0. The maximum absolute atomic E-state index is 13.3. The van der Waals surface area contributed by atoms with Crippen LogP contribution >= 0.6 is 0 Å². The average molecular weight is 567 g/mol. The van der Waals surface area contributed by atoms with Crippen molar-refractivity contribution in [2.75, 3.05) is 6.61 Å². The summed E-state index contributed by atoms with van der Waals surface area (Å²) in [6.07, 6.45) is -0.140. The number of hydrogen-bond acceptors (Lipinski definition) is 8. The summed E-state index contributed by atoms with van der Waals surface area (Å²) in [5.74, 6) is 0. The molecule has 0 spiro atoms. The number of benzene rings is 3. The topological polar surface area (TPSA) is 118 Å². The fourth-order valence-corrected chi connectivity index (χ4v) is 5.05. The molecule has 42 heavy (non-hydrogen) atoms. The van der Waals surface area contributed by atoms with E-state index in [1.54, 1.807) is 0 Å². The van der Waals surface area contributed by atoms with Gasteiger partial charge in [-0.15, -0.1) is 0 Å². The highest BCUT2D eigenvalue weighted by molar-refractivity contribution is 5.68. The second-order valence-electron chi connectivity index (χ2n) is 9.95. The lowest BCUT2D eigenvalue weighted by atomic mass is 10.1. The third kappa shape index (κ3) is 6.22. The van der Waals surface area contributed by atoms with Crippen molar-refractivity contribution in [3.05, 3.63) is 141 Å². The standard InChI is InChI=1S/C32H30N4O6/c37-30-26-29(34-17-16-33-26)36(32(38)35-30)31-28(41-20-24-14-8-3-9-15-24)27(40-19-23-12-6-2-7-13-23)25(42-31)21-39-18-22-10-4-1-5-11-22/h1-17,25,27-28,31H,18-21H2,(H,35,37,38)/t25-,27-,28+,31+/m1/s1. The van der Waals surface area contributed by atoms with Crippen molar-refractivity contribution in [1.29, 1.82) is 0 Å². The number of fused-ring (bicyclic) bond motifs is 1. The van der Waals surface area contributed by atoms with Crippen molar-refractivity contribution in [1.82, 2.24) is 19.5 Å². The van der Waals surface area contributed by atoms with E-state index in [0.29, 0.717) is 13.2 Å². The number of nitrogens with one attached hydrogen (secondary N) is 1. The second kappa shape index (κ2) is 13.0. The van der Waals surface area contributed by atoms with Gasteiger partial charge >= 0.3 is 5.69 Å². The minimum absolute atomic E-state index is 0.0213. The minimum atomic E-state index is -0.983. The molecule has 1 aliphatic heterocycles. The monoisotopic (exact) mass is 566 g/mol. The van der Waals surface area contributed by atoms with Crippen LogP contribution in [-0.2, 0) is 38.8 Å². The molecule has 0 unspecified atom stereocenters. The number of hydrogen-bond donors (Lipinski definition) is 1. The fourth-order valence-electron chi connectivity index (χ4n) is 5.05. The van der Waals surface area contributed by atoms with E-state index in [4.69, 9.17) is 18.9 Å². The molecular formula is C32H30N4O6. The number of H-pyrrole nitrogens is 1. The first-order valence-corrected chi connectivity index (χ1v) is 13.7. The Kier molecular flexibility index (Phi) is 8.57. The zero-order valence-electron chi connectivity index (χ0n) is 22.7. The molecule has 1 fully saturated rings. The first kappa shape index (κ1) is 27.7. The van der Waals surface area contributed by atoms with E-state index in [2.05, 4.69) is 15.0 Å². The third-order valence-electron chi connectivity index (χ3n) is 7.07. The number of aromatic amines is 1. The molecule has 6 rings (SSSR count). The molecule has 0 bridgehead atoms. The molecule has 10 nitrogen and oxygen atoms in total. The summed E-state index contributed by atoms with van der Waals surface area (Å²) in [5, 5.41) is 0. The van der Waals surface area contributed by atoms with Gasteiger partial charge in [0.1, 0.15) is 18.3 Å². The molecule has 0 aliphatic carbocycles. The SMILES string of the molecule is O=c1[nH]c(=O)n([C@H]2O[C@H](COCc3ccccc3)[C@@H](OCc3ccccc3)[C@@H]2OCc2ccccc2)c2nccnc12. The predicted molar refractivity (Wildman–Crippen MR) is 154 cm³/mol. The Balaban J connectivity index is 1.35. The van der Waals surface area contributed by atoms with Crippen molar-refractivity contribution in [3.8, 4) is 0 Å². The van der Waals surface area contributed by atoms with Crippen molar-refractivity contribution < 1.29 is 18.9 Å². The van der Waals surface area contributed by atoms with Gasteiger partial charge in [0.15, 0.2) is 17.4 Å². The summed E-state index contributed by atoms with van der Waals surface area (Å²) < 4.78 is 26.8. The maximum Gasteiger partial charge on any atom is 0.332 e. The summed E-state index contributed by atoms with van der Waals surface area (Å²) in [5.41, 5.74) is 1.75. The Hall–Kier alpha value is -4.48. The number of aromatic nitrogens is 4. The van der Waals surface area contributed by atoms with Crippen molar-refractivity contribution in [2.45, 2.75) is 44.4 Å². The molecule has 3 heterocycles. The molecule has 10 heteroatoms. The molecule has 2 aromatic heterocycles. The van der Waals surface area contributed by atoms with Gasteiger partial charge in [-0.2, -0.15) is 0 Å². The fraction of sp³-hybridized carbons (Fsp3) is 0.250. The van der Waals surface area contributed by atoms with Gasteiger partial charge in [0.2, 0.25) is 0 Å². The normalized spacial score (nSPS) is 20.2. The highest BCUT2D eigenvalue weighted by Gasteiger charge is 2.48. The van der Waals surface area contributed by atoms with Gasteiger partial charge in [-0.3, -0.25) is 9.78 Å². The lowest BCUT2D eigenvalue weighted by molar-refractivity contribution is -0.0917. The number of nitrogens with zero attached hydrogens (tertiary/aromatic N) is 3. The van der Waals surface area contributed by atoms with Crippen LogP contribution in [0.1, 0.15) is 22.9 Å². The Labute approximate surface area is 241 Å². The van der Waals surface area contributed by atoms with Crippen LogP contribution in [0.25, 0.3) is 11.2 Å². The van der Waals surface area contributed by atoms with E-state index in [1.807, 2.05) is 91.0 Å². The van der Waals surface area contributed by atoms with E-state index in [0.717, 1.165) is 16.7 Å². The van der Waals surface area contributed by atoms with Gasteiger partial charge in [0.25, 0.3) is 5.56 Å². The van der Waals surface area contributed by atoms with Crippen LogP contribution in [0.4, 0.5) is 0 Å². The van der Waals surface area contributed by atoms with E-state index >= 15 is 0 Å². The Morgan fingerprint density at radius 1 is 0.714 bits per heavy atom. The van der Waals surface area contributed by atoms with Gasteiger partial charge in [-0.25, -0.2) is 19.3 Å². The van der Waals surface area contributed by atoms with Crippen LogP contribution in [-0.4, -0.2) is 44.4 Å². The van der Waals surface area contributed by atoms with Gasteiger partial charge in [0, 0.05) is 12.4 Å². The molecule has 1 N–H and O–H groups in total. The first-order valence-electron chi connectivity index (χ1n) is 13.7. The molecule has 214 valence electrons. The maximum atomic E-state index is 13.3. The van der Waals surface area contributed by atoms with Crippen LogP contribution in [0.5, 0.6) is 0 Å². The van der Waals surface area contributed by atoms with Gasteiger partial charge in [-0.1, -0.05) is 91.0 Å². The van der Waals surface area contributed by atoms with Crippen molar-refractivity contribution >= 4 is 11.2 Å². The molecule has 0 saturated carbocycles. The van der Waals surface area contributed by atoms with Crippen LogP contribution in [0.15, 0.2) is 113 Å². The number of ether oxygens (including phenoxy) is 4.